The predicted molar refractivity (Wildman–Crippen MR) is 127 cm³/mol. The molecule has 1 aliphatic rings. The second-order valence-corrected chi connectivity index (χ2v) is 8.82. The molecule has 3 heteroatoms. The van der Waals surface area contributed by atoms with Crippen molar-refractivity contribution in [1.29, 1.82) is 0 Å². The summed E-state index contributed by atoms with van der Waals surface area (Å²) in [5, 5.41) is 3.48. The number of rotatable bonds is 11. The van der Waals surface area contributed by atoms with E-state index in [0.717, 1.165) is 42.7 Å². The van der Waals surface area contributed by atoms with Crippen LogP contribution in [0.2, 0.25) is 0 Å². The molecule has 0 radical (unpaired) electrons. The summed E-state index contributed by atoms with van der Waals surface area (Å²) < 4.78 is 12.2. The molecule has 164 valence electrons. The Kier molecular flexibility index (Phi) is 8.92. The third-order valence-corrected chi connectivity index (χ3v) is 6.36. The lowest BCUT2D eigenvalue weighted by Crippen LogP contribution is -2.23. The van der Waals surface area contributed by atoms with Crippen molar-refractivity contribution >= 4 is 5.69 Å². The van der Waals surface area contributed by atoms with E-state index < -0.39 is 0 Å². The number of ether oxygens (including phenoxy) is 2. The molecule has 1 aliphatic carbocycles. The number of nitrogens with one attached hydrogen (secondary N) is 1. The van der Waals surface area contributed by atoms with E-state index in [1.807, 2.05) is 6.07 Å². The molecular weight excluding hydrogens is 370 g/mol. The molecule has 0 heterocycles. The molecule has 1 saturated carbocycles. The van der Waals surface area contributed by atoms with E-state index >= 15 is 0 Å². The Balaban J connectivity index is 1.41. The molecule has 2 atom stereocenters. The van der Waals surface area contributed by atoms with Crippen LogP contribution in [0.5, 0.6) is 11.5 Å². The molecule has 2 unspecified atom stereocenters. The molecule has 0 saturated heterocycles. The monoisotopic (exact) mass is 409 g/mol. The smallest absolute Gasteiger partial charge is 0.123 e. The topological polar surface area (TPSA) is 30.5 Å². The number of para-hydroxylation sites is 1. The number of anilines is 1. The van der Waals surface area contributed by atoms with E-state index in [1.54, 1.807) is 0 Å². The summed E-state index contributed by atoms with van der Waals surface area (Å²) in [6.07, 6.45) is 9.37. The minimum atomic E-state index is 0.0848. The normalized spacial score (nSPS) is 16.6. The van der Waals surface area contributed by atoms with Crippen LogP contribution in [0, 0.1) is 5.92 Å². The predicted octanol–water partition coefficient (Wildman–Crippen LogP) is 7.43. The standard InChI is InChI=1S/C27H39NO2/c1-4-21(2)26-12-8-9-13-27(26)30-22(3)20-28-24-14-16-25(17-15-24)29-19-18-23-10-6-5-7-11-23/h8-9,12-17,21-23,28H,4-7,10-11,18-20H2,1-3H3. The first kappa shape index (κ1) is 22.5. The van der Waals surface area contributed by atoms with Crippen LogP contribution in [-0.4, -0.2) is 19.3 Å². The zero-order valence-electron chi connectivity index (χ0n) is 19.0. The number of hydrogen-bond donors (Lipinski definition) is 1. The van der Waals surface area contributed by atoms with Crippen molar-refractivity contribution < 1.29 is 9.47 Å². The highest BCUT2D eigenvalue weighted by atomic mass is 16.5. The van der Waals surface area contributed by atoms with Gasteiger partial charge in [-0.15, -0.1) is 0 Å². The fourth-order valence-electron chi connectivity index (χ4n) is 4.22. The Morgan fingerprint density at radius 3 is 2.43 bits per heavy atom. The molecule has 1 N–H and O–H groups in total. The van der Waals surface area contributed by atoms with Crippen LogP contribution in [0.25, 0.3) is 0 Å². The van der Waals surface area contributed by atoms with Gasteiger partial charge in [-0.1, -0.05) is 64.2 Å². The van der Waals surface area contributed by atoms with Crippen LogP contribution < -0.4 is 14.8 Å². The third-order valence-electron chi connectivity index (χ3n) is 6.36. The summed E-state index contributed by atoms with van der Waals surface area (Å²) in [6.45, 7) is 8.18. The van der Waals surface area contributed by atoms with Gasteiger partial charge in [-0.25, -0.2) is 0 Å². The van der Waals surface area contributed by atoms with Gasteiger partial charge in [-0.05, 0) is 67.5 Å². The lowest BCUT2D eigenvalue weighted by Gasteiger charge is -2.21. The van der Waals surface area contributed by atoms with E-state index in [2.05, 4.69) is 68.6 Å². The molecular formula is C27H39NO2. The second kappa shape index (κ2) is 11.9. The molecule has 0 spiro atoms. The summed E-state index contributed by atoms with van der Waals surface area (Å²) in [5.74, 6) is 3.34. The molecule has 3 nitrogen and oxygen atoms in total. The maximum absolute atomic E-state index is 6.24. The van der Waals surface area contributed by atoms with E-state index in [0.29, 0.717) is 5.92 Å². The molecule has 3 rings (SSSR count). The van der Waals surface area contributed by atoms with E-state index in [1.165, 1.54) is 44.1 Å². The molecule has 0 amide bonds. The van der Waals surface area contributed by atoms with Crippen LogP contribution in [0.1, 0.15) is 77.2 Å². The van der Waals surface area contributed by atoms with Crippen molar-refractivity contribution in [3.63, 3.8) is 0 Å². The van der Waals surface area contributed by atoms with Crippen molar-refractivity contribution in [3.8, 4) is 11.5 Å². The van der Waals surface area contributed by atoms with Crippen molar-refractivity contribution in [3.05, 3.63) is 54.1 Å². The lowest BCUT2D eigenvalue weighted by molar-refractivity contribution is 0.231. The zero-order chi connectivity index (χ0) is 21.2. The van der Waals surface area contributed by atoms with Gasteiger partial charge in [0, 0.05) is 5.69 Å². The van der Waals surface area contributed by atoms with E-state index in [4.69, 9.17) is 9.47 Å². The molecule has 2 aromatic rings. The van der Waals surface area contributed by atoms with Gasteiger partial charge < -0.3 is 14.8 Å². The van der Waals surface area contributed by atoms with Gasteiger partial charge in [-0.2, -0.15) is 0 Å². The first-order valence-electron chi connectivity index (χ1n) is 11.9. The average Bonchev–Trinajstić information content (AvgIpc) is 2.79. The summed E-state index contributed by atoms with van der Waals surface area (Å²) in [5.41, 5.74) is 2.39. The van der Waals surface area contributed by atoms with Crippen molar-refractivity contribution in [2.24, 2.45) is 5.92 Å². The van der Waals surface area contributed by atoms with Crippen molar-refractivity contribution in [2.45, 2.75) is 77.7 Å². The van der Waals surface area contributed by atoms with Crippen LogP contribution in [-0.2, 0) is 0 Å². The van der Waals surface area contributed by atoms with Crippen LogP contribution in [0.4, 0.5) is 5.69 Å². The Bertz CT molecular complexity index is 737. The maximum atomic E-state index is 6.24. The summed E-state index contributed by atoms with van der Waals surface area (Å²) >= 11 is 0. The largest absolute Gasteiger partial charge is 0.494 e. The first-order valence-corrected chi connectivity index (χ1v) is 11.9. The highest BCUT2D eigenvalue weighted by molar-refractivity contribution is 5.46. The molecule has 1 fully saturated rings. The van der Waals surface area contributed by atoms with Gasteiger partial charge in [0.2, 0.25) is 0 Å². The summed E-state index contributed by atoms with van der Waals surface area (Å²) in [6, 6.07) is 16.7. The zero-order valence-corrected chi connectivity index (χ0v) is 19.0. The molecule has 30 heavy (non-hydrogen) atoms. The van der Waals surface area contributed by atoms with Crippen molar-refractivity contribution in [2.75, 3.05) is 18.5 Å². The fraction of sp³-hybridized carbons (Fsp3) is 0.556. The molecule has 2 aromatic carbocycles. The van der Waals surface area contributed by atoms with Gasteiger partial charge >= 0.3 is 0 Å². The van der Waals surface area contributed by atoms with Crippen molar-refractivity contribution in [1.82, 2.24) is 0 Å². The van der Waals surface area contributed by atoms with Gasteiger partial charge in [0.15, 0.2) is 0 Å². The number of benzene rings is 2. The Labute approximate surface area is 183 Å². The second-order valence-electron chi connectivity index (χ2n) is 8.82. The fourth-order valence-corrected chi connectivity index (χ4v) is 4.22. The molecule has 0 aliphatic heterocycles. The Hall–Kier alpha value is -2.16. The highest BCUT2D eigenvalue weighted by Crippen LogP contribution is 2.29. The minimum absolute atomic E-state index is 0.0848. The highest BCUT2D eigenvalue weighted by Gasteiger charge is 2.14. The maximum Gasteiger partial charge on any atom is 0.123 e. The minimum Gasteiger partial charge on any atom is -0.494 e. The van der Waals surface area contributed by atoms with Gasteiger partial charge in [0.05, 0.1) is 13.2 Å². The molecule has 0 aromatic heterocycles. The lowest BCUT2D eigenvalue weighted by atomic mass is 9.87. The third kappa shape index (κ3) is 6.97. The van der Waals surface area contributed by atoms with Gasteiger partial charge in [0.25, 0.3) is 0 Å². The summed E-state index contributed by atoms with van der Waals surface area (Å²) in [4.78, 5) is 0. The average molecular weight is 410 g/mol. The number of hydrogen-bond acceptors (Lipinski definition) is 3. The first-order chi connectivity index (χ1) is 14.7. The molecule has 0 bridgehead atoms. The Morgan fingerprint density at radius 2 is 1.70 bits per heavy atom. The van der Waals surface area contributed by atoms with E-state index in [9.17, 15) is 0 Å². The van der Waals surface area contributed by atoms with Crippen LogP contribution >= 0.6 is 0 Å². The van der Waals surface area contributed by atoms with Gasteiger partial charge in [0.1, 0.15) is 17.6 Å². The SMILES string of the molecule is CCC(C)c1ccccc1OC(C)CNc1ccc(OCCC2CCCCC2)cc1. The van der Waals surface area contributed by atoms with Crippen LogP contribution in [0.3, 0.4) is 0 Å². The van der Waals surface area contributed by atoms with Gasteiger partial charge in [-0.3, -0.25) is 0 Å². The Morgan fingerprint density at radius 1 is 0.967 bits per heavy atom. The quantitative estimate of drug-likeness (QED) is 0.418. The van der Waals surface area contributed by atoms with Crippen LogP contribution in [0.15, 0.2) is 48.5 Å². The van der Waals surface area contributed by atoms with E-state index in [-0.39, 0.29) is 6.10 Å². The summed E-state index contributed by atoms with van der Waals surface area (Å²) in [7, 11) is 0.